The van der Waals surface area contributed by atoms with Gasteiger partial charge in [0.15, 0.2) is 0 Å². The molecule has 1 unspecified atom stereocenters. The Kier molecular flexibility index (Phi) is 4.00. The molecule has 2 aromatic rings. The molecular weight excluding hydrogens is 278 g/mol. The molecule has 0 fully saturated rings. The standard InChI is InChI=1S/C16H23N5O/c1-10(2)15-19-13-5-4-11(8-14(13)20-15)16(22)17-9-12-6-7-18-21(12)3/h6-7,10-11H,4-5,8-9H2,1-3H3,(H,17,22)(H,19,20). The van der Waals surface area contributed by atoms with Crippen molar-refractivity contribution in [2.45, 2.75) is 45.6 Å². The van der Waals surface area contributed by atoms with Gasteiger partial charge >= 0.3 is 0 Å². The van der Waals surface area contributed by atoms with Crippen molar-refractivity contribution in [1.82, 2.24) is 25.1 Å². The number of aryl methyl sites for hydroxylation is 2. The van der Waals surface area contributed by atoms with Crippen molar-refractivity contribution in [3.8, 4) is 0 Å². The largest absolute Gasteiger partial charge is 0.350 e. The minimum absolute atomic E-state index is 0.0289. The number of H-pyrrole nitrogens is 1. The molecule has 3 rings (SSSR count). The van der Waals surface area contributed by atoms with Crippen LogP contribution in [0.5, 0.6) is 0 Å². The van der Waals surface area contributed by atoms with Crippen LogP contribution in [0.3, 0.4) is 0 Å². The van der Waals surface area contributed by atoms with Gasteiger partial charge in [-0.15, -0.1) is 0 Å². The zero-order valence-corrected chi connectivity index (χ0v) is 13.4. The molecule has 1 amide bonds. The van der Waals surface area contributed by atoms with Gasteiger partial charge in [-0.25, -0.2) is 4.98 Å². The summed E-state index contributed by atoms with van der Waals surface area (Å²) in [4.78, 5) is 20.4. The van der Waals surface area contributed by atoms with Gasteiger partial charge in [-0.1, -0.05) is 13.8 Å². The molecule has 6 heteroatoms. The van der Waals surface area contributed by atoms with Gasteiger partial charge in [0.2, 0.25) is 5.91 Å². The first kappa shape index (κ1) is 14.8. The van der Waals surface area contributed by atoms with Crippen LogP contribution in [0.1, 0.15) is 49.1 Å². The number of aromatic nitrogens is 4. The maximum absolute atomic E-state index is 12.4. The van der Waals surface area contributed by atoms with E-state index < -0.39 is 0 Å². The van der Waals surface area contributed by atoms with Crippen LogP contribution in [0.4, 0.5) is 0 Å². The van der Waals surface area contributed by atoms with Gasteiger partial charge in [-0.05, 0) is 18.9 Å². The lowest BCUT2D eigenvalue weighted by Gasteiger charge is -2.20. The number of rotatable bonds is 4. The van der Waals surface area contributed by atoms with E-state index >= 15 is 0 Å². The predicted octanol–water partition coefficient (Wildman–Crippen LogP) is 1.69. The lowest BCUT2D eigenvalue weighted by Crippen LogP contribution is -2.34. The molecule has 2 aromatic heterocycles. The van der Waals surface area contributed by atoms with E-state index in [1.807, 2.05) is 13.1 Å². The fourth-order valence-corrected chi connectivity index (χ4v) is 2.90. The van der Waals surface area contributed by atoms with Crippen molar-refractivity contribution in [3.05, 3.63) is 35.2 Å². The summed E-state index contributed by atoms with van der Waals surface area (Å²) in [5.41, 5.74) is 3.28. The van der Waals surface area contributed by atoms with Crippen LogP contribution >= 0.6 is 0 Å². The second-order valence-electron chi connectivity index (χ2n) is 6.31. The van der Waals surface area contributed by atoms with Crippen LogP contribution in [-0.4, -0.2) is 25.7 Å². The molecule has 0 bridgehead atoms. The van der Waals surface area contributed by atoms with E-state index in [1.165, 1.54) is 0 Å². The van der Waals surface area contributed by atoms with Crippen LogP contribution in [0.2, 0.25) is 0 Å². The maximum atomic E-state index is 12.4. The number of fused-ring (bicyclic) bond motifs is 1. The lowest BCUT2D eigenvalue weighted by atomic mass is 9.89. The maximum Gasteiger partial charge on any atom is 0.223 e. The summed E-state index contributed by atoms with van der Waals surface area (Å²) in [6.45, 7) is 4.78. The first-order valence-corrected chi connectivity index (χ1v) is 7.87. The van der Waals surface area contributed by atoms with Crippen molar-refractivity contribution in [2.75, 3.05) is 0 Å². The Balaban J connectivity index is 1.61. The normalized spacial score (nSPS) is 17.5. The summed E-state index contributed by atoms with van der Waals surface area (Å²) in [6, 6.07) is 1.92. The summed E-state index contributed by atoms with van der Waals surface area (Å²) in [6.07, 6.45) is 4.24. The number of aromatic amines is 1. The summed E-state index contributed by atoms with van der Waals surface area (Å²) < 4.78 is 1.78. The molecule has 6 nitrogen and oxygen atoms in total. The Hall–Kier alpha value is -2.11. The van der Waals surface area contributed by atoms with Gasteiger partial charge in [0.05, 0.1) is 17.9 Å². The molecule has 0 saturated heterocycles. The third-order valence-electron chi connectivity index (χ3n) is 4.35. The molecule has 2 N–H and O–H groups in total. The van der Waals surface area contributed by atoms with Gasteiger partial charge in [0.1, 0.15) is 5.82 Å². The third kappa shape index (κ3) is 2.91. The van der Waals surface area contributed by atoms with Gasteiger partial charge in [-0.3, -0.25) is 9.48 Å². The van der Waals surface area contributed by atoms with Crippen molar-refractivity contribution >= 4 is 5.91 Å². The smallest absolute Gasteiger partial charge is 0.223 e. The average Bonchev–Trinajstić information content (AvgIpc) is 3.09. The molecule has 0 saturated carbocycles. The molecule has 0 radical (unpaired) electrons. The first-order chi connectivity index (χ1) is 10.5. The van der Waals surface area contributed by atoms with Gasteiger partial charge < -0.3 is 10.3 Å². The fraction of sp³-hybridized carbons (Fsp3) is 0.562. The zero-order valence-electron chi connectivity index (χ0n) is 13.4. The van der Waals surface area contributed by atoms with E-state index in [1.54, 1.807) is 10.9 Å². The molecule has 0 aliphatic heterocycles. The minimum atomic E-state index is 0.0289. The van der Waals surface area contributed by atoms with E-state index in [-0.39, 0.29) is 11.8 Å². The number of imidazole rings is 1. The minimum Gasteiger partial charge on any atom is -0.350 e. The quantitative estimate of drug-likeness (QED) is 0.902. The molecule has 0 aromatic carbocycles. The van der Waals surface area contributed by atoms with Gasteiger partial charge in [-0.2, -0.15) is 5.10 Å². The third-order valence-corrected chi connectivity index (χ3v) is 4.35. The Bertz CT molecular complexity index is 670. The van der Waals surface area contributed by atoms with Crippen LogP contribution < -0.4 is 5.32 Å². The second kappa shape index (κ2) is 5.94. The van der Waals surface area contributed by atoms with Crippen molar-refractivity contribution in [3.63, 3.8) is 0 Å². The monoisotopic (exact) mass is 301 g/mol. The second-order valence-corrected chi connectivity index (χ2v) is 6.31. The van der Waals surface area contributed by atoms with E-state index in [0.29, 0.717) is 12.5 Å². The van der Waals surface area contributed by atoms with E-state index in [9.17, 15) is 4.79 Å². The van der Waals surface area contributed by atoms with Crippen LogP contribution in [0, 0.1) is 5.92 Å². The Labute approximate surface area is 130 Å². The summed E-state index contributed by atoms with van der Waals surface area (Å²) in [5, 5.41) is 7.13. The molecule has 118 valence electrons. The van der Waals surface area contributed by atoms with Crippen LogP contribution in [0.25, 0.3) is 0 Å². The lowest BCUT2D eigenvalue weighted by molar-refractivity contribution is -0.125. The van der Waals surface area contributed by atoms with E-state index in [2.05, 4.69) is 34.2 Å². The highest BCUT2D eigenvalue weighted by Gasteiger charge is 2.27. The fourth-order valence-electron chi connectivity index (χ4n) is 2.90. The highest BCUT2D eigenvalue weighted by atomic mass is 16.1. The number of amides is 1. The molecule has 1 atom stereocenters. The summed E-state index contributed by atoms with van der Waals surface area (Å²) >= 11 is 0. The number of carbonyl (C=O) groups excluding carboxylic acids is 1. The van der Waals surface area contributed by atoms with Crippen LogP contribution in [-0.2, 0) is 31.2 Å². The predicted molar refractivity (Wildman–Crippen MR) is 83.2 cm³/mol. The van der Waals surface area contributed by atoms with Crippen molar-refractivity contribution in [2.24, 2.45) is 13.0 Å². The van der Waals surface area contributed by atoms with E-state index in [0.717, 1.165) is 42.2 Å². The number of carbonyl (C=O) groups is 1. The number of hydrogen-bond donors (Lipinski definition) is 2. The Morgan fingerprint density at radius 1 is 1.55 bits per heavy atom. The SMILES string of the molecule is CC(C)c1nc2c([nH]1)CC(C(=O)NCc1ccnn1C)CC2. The number of nitrogens with zero attached hydrogens (tertiary/aromatic N) is 3. The van der Waals surface area contributed by atoms with Crippen LogP contribution in [0.15, 0.2) is 12.3 Å². The van der Waals surface area contributed by atoms with Crippen molar-refractivity contribution in [1.29, 1.82) is 0 Å². The molecular formula is C16H23N5O. The molecule has 22 heavy (non-hydrogen) atoms. The summed E-state index contributed by atoms with van der Waals surface area (Å²) in [5.74, 6) is 1.57. The zero-order chi connectivity index (χ0) is 15.7. The van der Waals surface area contributed by atoms with E-state index in [4.69, 9.17) is 0 Å². The molecule has 0 spiro atoms. The first-order valence-electron chi connectivity index (χ1n) is 7.87. The van der Waals surface area contributed by atoms with Gasteiger partial charge in [0.25, 0.3) is 0 Å². The Morgan fingerprint density at radius 3 is 3.05 bits per heavy atom. The number of hydrogen-bond acceptors (Lipinski definition) is 3. The Morgan fingerprint density at radius 2 is 2.36 bits per heavy atom. The topological polar surface area (TPSA) is 75.6 Å². The molecule has 2 heterocycles. The summed E-state index contributed by atoms with van der Waals surface area (Å²) in [7, 11) is 1.88. The van der Waals surface area contributed by atoms with Crippen molar-refractivity contribution < 1.29 is 4.79 Å². The number of nitrogens with one attached hydrogen (secondary N) is 2. The van der Waals surface area contributed by atoms with Gasteiger partial charge in [0, 0.05) is 37.2 Å². The highest BCUT2D eigenvalue weighted by Crippen LogP contribution is 2.26. The molecule has 1 aliphatic carbocycles. The highest BCUT2D eigenvalue weighted by molar-refractivity contribution is 5.79. The average molecular weight is 301 g/mol. The molecule has 1 aliphatic rings.